The molecule has 5 nitrogen and oxygen atoms in total. The van der Waals surface area contributed by atoms with E-state index in [1.807, 2.05) is 12.1 Å². The van der Waals surface area contributed by atoms with Crippen LogP contribution in [0.25, 0.3) is 0 Å². The summed E-state index contributed by atoms with van der Waals surface area (Å²) in [6.45, 7) is 2.31. The van der Waals surface area contributed by atoms with Crippen LogP contribution < -0.4 is 4.74 Å². The Morgan fingerprint density at radius 1 is 1.50 bits per heavy atom. The Morgan fingerprint density at radius 2 is 2.20 bits per heavy atom. The second kappa shape index (κ2) is 6.40. The Bertz CT molecular complexity index is 528. The molecule has 0 aliphatic carbocycles. The van der Waals surface area contributed by atoms with Gasteiger partial charge in [-0.05, 0) is 43.6 Å². The highest BCUT2D eigenvalue weighted by atomic mass is 16.5. The number of ether oxygens (including phenoxy) is 1. The van der Waals surface area contributed by atoms with Crippen LogP contribution in [0.15, 0.2) is 18.2 Å². The van der Waals surface area contributed by atoms with Crippen molar-refractivity contribution in [1.29, 1.82) is 5.26 Å². The predicted octanol–water partition coefficient (Wildman–Crippen LogP) is 1.86. The summed E-state index contributed by atoms with van der Waals surface area (Å²) in [6, 6.07) is 7.71. The van der Waals surface area contributed by atoms with Gasteiger partial charge in [0.05, 0.1) is 18.6 Å². The topological polar surface area (TPSA) is 73.6 Å². The number of nitrogens with zero attached hydrogens (tertiary/aromatic N) is 2. The quantitative estimate of drug-likeness (QED) is 0.907. The lowest BCUT2D eigenvalue weighted by Gasteiger charge is -2.30. The lowest BCUT2D eigenvalue weighted by molar-refractivity contribution is -0.143. The first-order valence-corrected chi connectivity index (χ1v) is 6.66. The van der Waals surface area contributed by atoms with Gasteiger partial charge in [0, 0.05) is 6.54 Å². The van der Waals surface area contributed by atoms with Crippen LogP contribution in [-0.4, -0.2) is 36.2 Å². The van der Waals surface area contributed by atoms with E-state index in [1.165, 1.54) is 0 Å². The minimum atomic E-state index is -0.694. The summed E-state index contributed by atoms with van der Waals surface area (Å²) in [6.07, 6.45) is 1.38. The molecule has 1 heterocycles. The van der Waals surface area contributed by atoms with Crippen molar-refractivity contribution < 1.29 is 14.6 Å². The highest BCUT2D eigenvalue weighted by molar-refractivity contribution is 5.70. The van der Waals surface area contributed by atoms with Gasteiger partial charge in [-0.2, -0.15) is 5.26 Å². The fourth-order valence-electron chi connectivity index (χ4n) is 2.54. The lowest BCUT2D eigenvalue weighted by atomic mass is 9.96. The number of hydrogen-bond donors (Lipinski definition) is 1. The summed E-state index contributed by atoms with van der Waals surface area (Å²) in [5.74, 6) is -0.321. The van der Waals surface area contributed by atoms with E-state index < -0.39 is 5.97 Å². The molecule has 0 unspecified atom stereocenters. The van der Waals surface area contributed by atoms with Crippen LogP contribution in [-0.2, 0) is 11.3 Å². The van der Waals surface area contributed by atoms with Gasteiger partial charge >= 0.3 is 5.97 Å². The Morgan fingerprint density at radius 3 is 2.75 bits per heavy atom. The van der Waals surface area contributed by atoms with Gasteiger partial charge in [0.2, 0.25) is 0 Å². The zero-order valence-corrected chi connectivity index (χ0v) is 11.5. The fraction of sp³-hybridized carbons (Fsp3) is 0.467. The van der Waals surface area contributed by atoms with E-state index in [-0.39, 0.29) is 5.92 Å². The van der Waals surface area contributed by atoms with Crippen LogP contribution in [0, 0.1) is 17.2 Å². The molecule has 1 aliphatic heterocycles. The maximum Gasteiger partial charge on any atom is 0.306 e. The normalized spacial score (nSPS) is 16.6. The standard InChI is InChI=1S/C15H18N2O3/c1-20-14-3-2-11(8-13(14)9-16)10-17-6-4-12(5-7-17)15(18)19/h2-3,8,12H,4-7,10H2,1H3,(H,18,19). The molecule has 1 N–H and O–H groups in total. The average molecular weight is 274 g/mol. The van der Waals surface area contributed by atoms with Gasteiger partial charge in [0.15, 0.2) is 0 Å². The Balaban J connectivity index is 1.98. The van der Waals surface area contributed by atoms with Gasteiger partial charge < -0.3 is 9.84 Å². The van der Waals surface area contributed by atoms with Crippen molar-refractivity contribution in [2.75, 3.05) is 20.2 Å². The minimum absolute atomic E-state index is 0.211. The molecular formula is C15H18N2O3. The zero-order chi connectivity index (χ0) is 14.5. The Labute approximate surface area is 118 Å². The number of nitriles is 1. The molecule has 0 amide bonds. The first kappa shape index (κ1) is 14.4. The van der Waals surface area contributed by atoms with Gasteiger partial charge in [0.25, 0.3) is 0 Å². The Hall–Kier alpha value is -2.06. The number of carboxylic acid groups (broad SMARTS) is 1. The van der Waals surface area contributed by atoms with Crippen molar-refractivity contribution in [1.82, 2.24) is 4.90 Å². The molecule has 1 saturated heterocycles. The summed E-state index contributed by atoms with van der Waals surface area (Å²) in [4.78, 5) is 13.1. The van der Waals surface area contributed by atoms with Crippen molar-refractivity contribution in [3.05, 3.63) is 29.3 Å². The first-order valence-electron chi connectivity index (χ1n) is 6.66. The third kappa shape index (κ3) is 3.28. The molecule has 1 fully saturated rings. The molecule has 5 heteroatoms. The van der Waals surface area contributed by atoms with Gasteiger partial charge in [-0.3, -0.25) is 9.69 Å². The fourth-order valence-corrected chi connectivity index (χ4v) is 2.54. The summed E-state index contributed by atoms with van der Waals surface area (Å²) < 4.78 is 5.12. The van der Waals surface area contributed by atoms with Crippen molar-refractivity contribution in [2.45, 2.75) is 19.4 Å². The molecule has 0 aromatic heterocycles. The number of piperidine rings is 1. The summed E-state index contributed by atoms with van der Waals surface area (Å²) in [5, 5.41) is 18.0. The third-order valence-electron chi connectivity index (χ3n) is 3.73. The van der Waals surface area contributed by atoms with Gasteiger partial charge in [0.1, 0.15) is 11.8 Å². The average Bonchev–Trinajstić information content (AvgIpc) is 2.47. The van der Waals surface area contributed by atoms with Crippen molar-refractivity contribution in [3.63, 3.8) is 0 Å². The highest BCUT2D eigenvalue weighted by Gasteiger charge is 2.24. The van der Waals surface area contributed by atoms with Crippen LogP contribution in [0.5, 0.6) is 5.75 Å². The maximum absolute atomic E-state index is 10.9. The highest BCUT2D eigenvalue weighted by Crippen LogP contribution is 2.22. The van der Waals surface area contributed by atoms with Gasteiger partial charge in [-0.1, -0.05) is 6.07 Å². The maximum atomic E-state index is 10.9. The van der Waals surface area contributed by atoms with E-state index in [9.17, 15) is 4.79 Å². The van der Waals surface area contributed by atoms with Crippen LogP contribution >= 0.6 is 0 Å². The molecule has 1 aromatic rings. The predicted molar refractivity (Wildman–Crippen MR) is 73.3 cm³/mol. The second-order valence-electron chi connectivity index (χ2n) is 5.04. The van der Waals surface area contributed by atoms with Crippen molar-refractivity contribution >= 4 is 5.97 Å². The first-order chi connectivity index (χ1) is 9.63. The molecule has 20 heavy (non-hydrogen) atoms. The summed E-state index contributed by atoms with van der Waals surface area (Å²) in [7, 11) is 1.55. The number of likely N-dealkylation sites (tertiary alicyclic amines) is 1. The number of methoxy groups -OCH3 is 1. The third-order valence-corrected chi connectivity index (χ3v) is 3.73. The van der Waals surface area contributed by atoms with E-state index in [0.29, 0.717) is 24.2 Å². The van der Waals surface area contributed by atoms with E-state index in [4.69, 9.17) is 15.1 Å². The number of hydrogen-bond acceptors (Lipinski definition) is 4. The molecule has 0 bridgehead atoms. The van der Waals surface area contributed by atoms with Crippen LogP contribution in [0.3, 0.4) is 0 Å². The minimum Gasteiger partial charge on any atom is -0.495 e. The monoisotopic (exact) mass is 274 g/mol. The van der Waals surface area contributed by atoms with E-state index in [0.717, 1.165) is 25.2 Å². The molecule has 0 radical (unpaired) electrons. The molecule has 0 atom stereocenters. The summed E-state index contributed by atoms with van der Waals surface area (Å²) >= 11 is 0. The molecular weight excluding hydrogens is 256 g/mol. The second-order valence-corrected chi connectivity index (χ2v) is 5.04. The molecule has 2 rings (SSSR count). The van der Waals surface area contributed by atoms with Crippen LogP contribution in [0.2, 0.25) is 0 Å². The zero-order valence-electron chi connectivity index (χ0n) is 11.5. The number of carboxylic acids is 1. The van der Waals surface area contributed by atoms with Gasteiger partial charge in [-0.25, -0.2) is 0 Å². The molecule has 0 saturated carbocycles. The lowest BCUT2D eigenvalue weighted by Crippen LogP contribution is -2.35. The van der Waals surface area contributed by atoms with Crippen molar-refractivity contribution in [3.8, 4) is 11.8 Å². The SMILES string of the molecule is COc1ccc(CN2CCC(C(=O)O)CC2)cc1C#N. The Kier molecular flexibility index (Phi) is 4.59. The summed E-state index contributed by atoms with van der Waals surface area (Å²) in [5.41, 5.74) is 1.58. The number of rotatable bonds is 4. The molecule has 106 valence electrons. The molecule has 0 spiro atoms. The van der Waals surface area contributed by atoms with Crippen LogP contribution in [0.4, 0.5) is 0 Å². The van der Waals surface area contributed by atoms with E-state index >= 15 is 0 Å². The van der Waals surface area contributed by atoms with Gasteiger partial charge in [-0.15, -0.1) is 0 Å². The van der Waals surface area contributed by atoms with E-state index in [2.05, 4.69) is 11.0 Å². The molecule has 1 aliphatic rings. The van der Waals surface area contributed by atoms with Crippen molar-refractivity contribution in [2.24, 2.45) is 5.92 Å². The largest absolute Gasteiger partial charge is 0.495 e. The van der Waals surface area contributed by atoms with E-state index in [1.54, 1.807) is 13.2 Å². The van der Waals surface area contributed by atoms with Crippen LogP contribution in [0.1, 0.15) is 24.0 Å². The smallest absolute Gasteiger partial charge is 0.306 e. The molecule has 1 aromatic carbocycles. The number of benzene rings is 1. The number of carbonyl (C=O) groups is 1. The number of aliphatic carboxylic acids is 1.